The van der Waals surface area contributed by atoms with Crippen LogP contribution in [-0.4, -0.2) is 60.7 Å². The second kappa shape index (κ2) is 8.42. The van der Waals surface area contributed by atoms with Crippen LogP contribution in [0.4, 0.5) is 0 Å². The summed E-state index contributed by atoms with van der Waals surface area (Å²) in [5, 5.41) is 18.2. The zero-order valence-corrected chi connectivity index (χ0v) is 13.1. The second-order valence-corrected chi connectivity index (χ2v) is 6.05. The van der Waals surface area contributed by atoms with Gasteiger partial charge in [0.2, 0.25) is 0 Å². The van der Waals surface area contributed by atoms with Gasteiger partial charge in [-0.3, -0.25) is 4.90 Å². The summed E-state index contributed by atoms with van der Waals surface area (Å²) in [5.74, 6) is 0.635. The molecule has 4 nitrogen and oxygen atoms in total. The number of rotatable bonds is 8. The lowest BCUT2D eigenvalue weighted by molar-refractivity contribution is 0.212. The molecule has 0 saturated heterocycles. The van der Waals surface area contributed by atoms with E-state index in [1.165, 1.54) is 5.56 Å². The standard InChI is InChI=1S/C15H27BN2O2/c1-13(2)11-18(10-9-17(3)4)12-14-5-7-15(8-6-14)16(19)20/h5-8,13,19-20H,9-12H2,1-4H3. The first-order valence-electron chi connectivity index (χ1n) is 7.20. The normalized spacial score (nSPS) is 11.7. The Hall–Kier alpha value is -0.875. The van der Waals surface area contributed by atoms with Crippen LogP contribution in [0.5, 0.6) is 0 Å². The maximum Gasteiger partial charge on any atom is 0.488 e. The summed E-state index contributed by atoms with van der Waals surface area (Å²) in [4.78, 5) is 4.63. The lowest BCUT2D eigenvalue weighted by Gasteiger charge is -2.26. The molecule has 0 bridgehead atoms. The van der Waals surface area contributed by atoms with Crippen LogP contribution in [0, 0.1) is 5.92 Å². The van der Waals surface area contributed by atoms with Crippen molar-refractivity contribution in [2.45, 2.75) is 20.4 Å². The fourth-order valence-electron chi connectivity index (χ4n) is 2.15. The van der Waals surface area contributed by atoms with E-state index in [0.29, 0.717) is 11.4 Å². The largest absolute Gasteiger partial charge is 0.488 e. The summed E-state index contributed by atoms with van der Waals surface area (Å²) in [6.45, 7) is 8.50. The second-order valence-electron chi connectivity index (χ2n) is 6.05. The third-order valence-corrected chi connectivity index (χ3v) is 3.17. The maximum atomic E-state index is 9.10. The highest BCUT2D eigenvalue weighted by atomic mass is 16.4. The molecule has 0 fully saturated rings. The molecule has 0 amide bonds. The van der Waals surface area contributed by atoms with Gasteiger partial charge >= 0.3 is 7.12 Å². The van der Waals surface area contributed by atoms with Crippen molar-refractivity contribution in [2.24, 2.45) is 5.92 Å². The van der Waals surface area contributed by atoms with Crippen LogP contribution in [0.2, 0.25) is 0 Å². The van der Waals surface area contributed by atoms with Crippen molar-refractivity contribution in [3.63, 3.8) is 0 Å². The molecule has 5 heteroatoms. The Labute approximate surface area is 123 Å². The van der Waals surface area contributed by atoms with Crippen molar-refractivity contribution in [1.29, 1.82) is 0 Å². The summed E-state index contributed by atoms with van der Waals surface area (Å²) < 4.78 is 0. The molecule has 0 spiro atoms. The van der Waals surface area contributed by atoms with E-state index in [1.807, 2.05) is 12.1 Å². The first-order valence-corrected chi connectivity index (χ1v) is 7.20. The quantitative estimate of drug-likeness (QED) is 0.675. The van der Waals surface area contributed by atoms with Gasteiger partial charge in [0.25, 0.3) is 0 Å². The highest BCUT2D eigenvalue weighted by Crippen LogP contribution is 2.07. The molecule has 0 unspecified atom stereocenters. The van der Waals surface area contributed by atoms with Gasteiger partial charge in [-0.1, -0.05) is 38.1 Å². The number of hydrogen-bond donors (Lipinski definition) is 2. The van der Waals surface area contributed by atoms with Crippen LogP contribution >= 0.6 is 0 Å². The maximum absolute atomic E-state index is 9.10. The molecule has 0 aliphatic heterocycles. The zero-order chi connectivity index (χ0) is 15.1. The average Bonchev–Trinajstić information content (AvgIpc) is 2.36. The predicted molar refractivity (Wildman–Crippen MR) is 84.9 cm³/mol. The first-order chi connectivity index (χ1) is 9.38. The van der Waals surface area contributed by atoms with Gasteiger partial charge in [-0.25, -0.2) is 0 Å². The highest BCUT2D eigenvalue weighted by molar-refractivity contribution is 6.58. The fourth-order valence-corrected chi connectivity index (χ4v) is 2.15. The molecule has 2 N–H and O–H groups in total. The van der Waals surface area contributed by atoms with Crippen LogP contribution in [-0.2, 0) is 6.54 Å². The molecule has 1 aromatic carbocycles. The molecule has 112 valence electrons. The van der Waals surface area contributed by atoms with Crippen molar-refractivity contribution in [2.75, 3.05) is 33.7 Å². The van der Waals surface area contributed by atoms with Gasteiger partial charge in [0.1, 0.15) is 0 Å². The minimum atomic E-state index is -1.38. The van der Waals surface area contributed by atoms with Crippen molar-refractivity contribution >= 4 is 12.6 Å². The third kappa shape index (κ3) is 6.52. The Kier molecular flexibility index (Phi) is 7.23. The van der Waals surface area contributed by atoms with Crippen LogP contribution < -0.4 is 5.46 Å². The smallest absolute Gasteiger partial charge is 0.423 e. The molecule has 0 heterocycles. The van der Waals surface area contributed by atoms with Gasteiger partial charge in [-0.05, 0) is 31.0 Å². The SMILES string of the molecule is CC(C)CN(CCN(C)C)Cc1ccc(B(O)O)cc1. The number of hydrogen-bond acceptors (Lipinski definition) is 4. The van der Waals surface area contributed by atoms with Crippen LogP contribution in [0.25, 0.3) is 0 Å². The van der Waals surface area contributed by atoms with Gasteiger partial charge in [-0.2, -0.15) is 0 Å². The van der Waals surface area contributed by atoms with Crippen LogP contribution in [0.1, 0.15) is 19.4 Å². The van der Waals surface area contributed by atoms with E-state index in [1.54, 1.807) is 12.1 Å². The Balaban J connectivity index is 2.62. The topological polar surface area (TPSA) is 46.9 Å². The molecule has 0 atom stereocenters. The molecule has 0 aliphatic rings. The van der Waals surface area contributed by atoms with Gasteiger partial charge in [0.15, 0.2) is 0 Å². The molecule has 0 aromatic heterocycles. The summed E-state index contributed by atoms with van der Waals surface area (Å²) in [5.41, 5.74) is 1.74. The first kappa shape index (κ1) is 17.2. The molecular formula is C15H27BN2O2. The van der Waals surface area contributed by atoms with E-state index in [-0.39, 0.29) is 0 Å². The molecule has 1 aromatic rings. The molecule has 0 aliphatic carbocycles. The van der Waals surface area contributed by atoms with E-state index < -0.39 is 7.12 Å². The lowest BCUT2D eigenvalue weighted by atomic mass is 9.80. The Morgan fingerprint density at radius 2 is 1.65 bits per heavy atom. The molecule has 20 heavy (non-hydrogen) atoms. The predicted octanol–water partition coefficient (Wildman–Crippen LogP) is 0.386. The van der Waals surface area contributed by atoms with Gasteiger partial charge in [0, 0.05) is 26.2 Å². The van der Waals surface area contributed by atoms with Crippen molar-refractivity contribution in [1.82, 2.24) is 9.80 Å². The van der Waals surface area contributed by atoms with E-state index in [4.69, 9.17) is 10.0 Å². The van der Waals surface area contributed by atoms with E-state index in [0.717, 1.165) is 26.2 Å². The highest BCUT2D eigenvalue weighted by Gasteiger charge is 2.12. The van der Waals surface area contributed by atoms with E-state index in [2.05, 4.69) is 37.7 Å². The van der Waals surface area contributed by atoms with Crippen LogP contribution in [0.15, 0.2) is 24.3 Å². The molecule has 0 saturated carbocycles. The van der Waals surface area contributed by atoms with E-state index in [9.17, 15) is 0 Å². The Morgan fingerprint density at radius 3 is 2.10 bits per heavy atom. The molecule has 1 rings (SSSR count). The zero-order valence-electron chi connectivity index (χ0n) is 13.1. The van der Waals surface area contributed by atoms with Gasteiger partial charge in [-0.15, -0.1) is 0 Å². The Morgan fingerprint density at radius 1 is 1.05 bits per heavy atom. The van der Waals surface area contributed by atoms with Crippen LogP contribution in [0.3, 0.4) is 0 Å². The summed E-state index contributed by atoms with van der Waals surface area (Å²) in [6, 6.07) is 7.49. The van der Waals surface area contributed by atoms with Crippen molar-refractivity contribution in [3.8, 4) is 0 Å². The number of nitrogens with zero attached hydrogens (tertiary/aromatic N) is 2. The fraction of sp³-hybridized carbons (Fsp3) is 0.600. The summed E-state index contributed by atoms with van der Waals surface area (Å²) in [6.07, 6.45) is 0. The van der Waals surface area contributed by atoms with Crippen molar-refractivity contribution in [3.05, 3.63) is 29.8 Å². The number of likely N-dealkylation sites (N-methyl/N-ethyl adjacent to an activating group) is 1. The molecular weight excluding hydrogens is 251 g/mol. The summed E-state index contributed by atoms with van der Waals surface area (Å²) >= 11 is 0. The Bertz CT molecular complexity index is 380. The number of benzene rings is 1. The van der Waals surface area contributed by atoms with E-state index >= 15 is 0 Å². The monoisotopic (exact) mass is 278 g/mol. The lowest BCUT2D eigenvalue weighted by Crippen LogP contribution is -2.34. The van der Waals surface area contributed by atoms with Gasteiger partial charge < -0.3 is 14.9 Å². The molecule has 0 radical (unpaired) electrons. The van der Waals surface area contributed by atoms with Crippen molar-refractivity contribution < 1.29 is 10.0 Å². The minimum Gasteiger partial charge on any atom is -0.423 e. The summed E-state index contributed by atoms with van der Waals surface area (Å²) in [7, 11) is 2.79. The average molecular weight is 278 g/mol. The third-order valence-electron chi connectivity index (χ3n) is 3.17. The minimum absolute atomic E-state index is 0.539. The van der Waals surface area contributed by atoms with Gasteiger partial charge in [0.05, 0.1) is 0 Å².